The Morgan fingerprint density at radius 3 is 2.40 bits per heavy atom. The lowest BCUT2D eigenvalue weighted by molar-refractivity contribution is -0.151. The number of amides is 4. The third kappa shape index (κ3) is 6.31. The quantitative estimate of drug-likeness (QED) is 0.446. The van der Waals surface area contributed by atoms with Gasteiger partial charge < -0.3 is 29.9 Å². The topological polar surface area (TPSA) is 137 Å². The van der Waals surface area contributed by atoms with Crippen molar-refractivity contribution < 1.29 is 33.8 Å². The maximum atomic E-state index is 13.5. The van der Waals surface area contributed by atoms with Crippen LogP contribution in [0.1, 0.15) is 65.7 Å². The lowest BCUT2D eigenvalue weighted by Crippen LogP contribution is -2.59. The predicted octanol–water partition coefficient (Wildman–Crippen LogP) is -0.203. The Hall–Kier alpha value is -2.69. The molecule has 11 nitrogen and oxygen atoms in total. The molecule has 0 aromatic heterocycles. The largest absolute Gasteiger partial charge is 0.464 e. The molecule has 3 saturated heterocycles. The highest BCUT2D eigenvalue weighted by molar-refractivity contribution is 5.94. The summed E-state index contributed by atoms with van der Waals surface area (Å²) in [4.78, 5) is 67.5. The average Bonchev–Trinajstić information content (AvgIpc) is 3.43. The van der Waals surface area contributed by atoms with Crippen LogP contribution in [0.15, 0.2) is 0 Å². The van der Waals surface area contributed by atoms with Crippen molar-refractivity contribution in [1.29, 1.82) is 0 Å². The van der Waals surface area contributed by atoms with Crippen molar-refractivity contribution in [3.8, 4) is 0 Å². The monoisotopic (exact) mass is 494 g/mol. The van der Waals surface area contributed by atoms with Crippen LogP contribution in [0.2, 0.25) is 0 Å². The van der Waals surface area contributed by atoms with Gasteiger partial charge in [0, 0.05) is 32.1 Å². The van der Waals surface area contributed by atoms with E-state index in [9.17, 15) is 29.1 Å². The molecule has 0 radical (unpaired) electrons. The predicted molar refractivity (Wildman–Crippen MR) is 125 cm³/mol. The van der Waals surface area contributed by atoms with Gasteiger partial charge in [-0.3, -0.25) is 24.0 Å². The van der Waals surface area contributed by atoms with E-state index in [1.165, 1.54) is 9.80 Å². The maximum Gasteiger partial charge on any atom is 0.293 e. The number of hydrogen-bond acceptors (Lipinski definition) is 7. The summed E-state index contributed by atoms with van der Waals surface area (Å²) < 4.78 is 4.79. The van der Waals surface area contributed by atoms with E-state index in [0.717, 1.165) is 25.7 Å². The molecule has 0 aromatic carbocycles. The first-order chi connectivity index (χ1) is 16.6. The molecule has 0 spiro atoms. The maximum absolute atomic E-state index is 13.5. The van der Waals surface area contributed by atoms with Crippen molar-refractivity contribution in [3.63, 3.8) is 0 Å². The van der Waals surface area contributed by atoms with E-state index in [1.54, 1.807) is 18.7 Å². The molecule has 3 aliphatic rings. The van der Waals surface area contributed by atoms with Crippen molar-refractivity contribution in [2.75, 3.05) is 19.6 Å². The number of likely N-dealkylation sites (tertiary alicyclic amines) is 3. The lowest BCUT2D eigenvalue weighted by Gasteiger charge is -2.38. The molecule has 11 heteroatoms. The molecular weight excluding hydrogens is 456 g/mol. The highest BCUT2D eigenvalue weighted by Gasteiger charge is 2.44. The second kappa shape index (κ2) is 11.8. The van der Waals surface area contributed by atoms with E-state index in [1.807, 2.05) is 6.92 Å². The zero-order chi connectivity index (χ0) is 25.7. The highest BCUT2D eigenvalue weighted by atomic mass is 16.5. The van der Waals surface area contributed by atoms with Crippen molar-refractivity contribution in [1.82, 2.24) is 20.0 Å². The van der Waals surface area contributed by atoms with E-state index in [0.29, 0.717) is 19.5 Å². The average molecular weight is 495 g/mol. The molecule has 6 unspecified atom stereocenters. The summed E-state index contributed by atoms with van der Waals surface area (Å²) >= 11 is 0. The van der Waals surface area contributed by atoms with Crippen molar-refractivity contribution in [3.05, 3.63) is 0 Å². The van der Waals surface area contributed by atoms with Crippen LogP contribution >= 0.6 is 0 Å². The van der Waals surface area contributed by atoms with Gasteiger partial charge in [0.15, 0.2) is 0 Å². The first-order valence-electron chi connectivity index (χ1n) is 12.6. The fraction of sp³-hybridized carbons (Fsp3) is 0.792. The van der Waals surface area contributed by atoms with E-state index >= 15 is 0 Å². The van der Waals surface area contributed by atoms with Gasteiger partial charge in [-0.2, -0.15) is 0 Å². The van der Waals surface area contributed by atoms with Gasteiger partial charge in [-0.15, -0.1) is 0 Å². The molecule has 2 N–H and O–H groups in total. The number of piperidine rings is 1. The summed E-state index contributed by atoms with van der Waals surface area (Å²) in [5.74, 6) is -1.29. The minimum atomic E-state index is -0.890. The number of aliphatic hydroxyl groups excluding tert-OH is 1. The number of nitrogens with zero attached hydrogens (tertiary/aromatic N) is 3. The van der Waals surface area contributed by atoms with Gasteiger partial charge in [0.25, 0.3) is 6.47 Å². The summed E-state index contributed by atoms with van der Waals surface area (Å²) in [5.41, 5.74) is 0. The molecule has 4 amide bonds. The Labute approximate surface area is 206 Å². The number of aliphatic hydroxyl groups is 1. The molecule has 3 aliphatic heterocycles. The summed E-state index contributed by atoms with van der Waals surface area (Å²) in [6, 6.07) is -2.19. The molecule has 3 heterocycles. The molecule has 0 saturated carbocycles. The minimum absolute atomic E-state index is 0.00725. The van der Waals surface area contributed by atoms with Gasteiger partial charge in [0.1, 0.15) is 24.2 Å². The molecule has 35 heavy (non-hydrogen) atoms. The molecule has 0 bridgehead atoms. The van der Waals surface area contributed by atoms with Crippen LogP contribution in [0.4, 0.5) is 0 Å². The Morgan fingerprint density at radius 1 is 1.03 bits per heavy atom. The first-order valence-corrected chi connectivity index (χ1v) is 12.6. The smallest absolute Gasteiger partial charge is 0.293 e. The van der Waals surface area contributed by atoms with Crippen LogP contribution in [0.5, 0.6) is 0 Å². The van der Waals surface area contributed by atoms with E-state index in [2.05, 4.69) is 5.32 Å². The van der Waals surface area contributed by atoms with E-state index in [-0.39, 0.29) is 49.6 Å². The van der Waals surface area contributed by atoms with Crippen molar-refractivity contribution in [2.24, 2.45) is 0 Å². The Morgan fingerprint density at radius 2 is 1.74 bits per heavy atom. The summed E-state index contributed by atoms with van der Waals surface area (Å²) in [6.45, 7) is 6.55. The third-order valence-electron chi connectivity index (χ3n) is 7.29. The van der Waals surface area contributed by atoms with Gasteiger partial charge in [-0.25, -0.2) is 0 Å². The molecule has 196 valence electrons. The number of carbonyl (C=O) groups is 5. The standard InChI is InChI=1S/C24H38N4O7/c1-15-7-6-10-26(15)23(33)17(3)25-22(32)19-8-4-5-9-27(19)24(34)20-12-18(30)13-28(20)21(31)11-16(2)35-14-29/h14-20,30H,4-13H2,1-3H3,(H,25,32). The summed E-state index contributed by atoms with van der Waals surface area (Å²) in [7, 11) is 0. The van der Waals surface area contributed by atoms with Crippen LogP contribution in [0, 0.1) is 0 Å². The zero-order valence-corrected chi connectivity index (χ0v) is 20.9. The fourth-order valence-corrected chi connectivity index (χ4v) is 5.37. The van der Waals surface area contributed by atoms with Crippen LogP contribution in [-0.2, 0) is 28.7 Å². The molecule has 0 aromatic rings. The van der Waals surface area contributed by atoms with Gasteiger partial charge in [0.2, 0.25) is 23.6 Å². The second-order valence-electron chi connectivity index (χ2n) is 9.99. The SMILES string of the molecule is CC(CC(=O)N1CC(O)CC1C(=O)N1CCCCC1C(=O)NC(C)C(=O)N1CCCC1C)OC=O. The Balaban J connectivity index is 1.67. The van der Waals surface area contributed by atoms with E-state index < -0.39 is 36.2 Å². The zero-order valence-electron chi connectivity index (χ0n) is 20.9. The Kier molecular flexibility index (Phi) is 9.09. The number of β-amino-alcohol motifs (C(OH)–C–C–N with tert-alkyl or cyclic N) is 1. The fourth-order valence-electron chi connectivity index (χ4n) is 5.37. The van der Waals surface area contributed by atoms with Crippen LogP contribution < -0.4 is 5.32 Å². The van der Waals surface area contributed by atoms with Gasteiger partial charge >= 0.3 is 0 Å². The number of hydrogen-bond donors (Lipinski definition) is 2. The molecule has 3 fully saturated rings. The van der Waals surface area contributed by atoms with Crippen LogP contribution in [0.3, 0.4) is 0 Å². The van der Waals surface area contributed by atoms with Crippen LogP contribution in [0.25, 0.3) is 0 Å². The normalized spacial score (nSPS) is 28.4. The highest BCUT2D eigenvalue weighted by Crippen LogP contribution is 2.26. The molecular formula is C24H38N4O7. The number of ether oxygens (including phenoxy) is 1. The van der Waals surface area contributed by atoms with Gasteiger partial charge in [-0.1, -0.05) is 0 Å². The summed E-state index contributed by atoms with van der Waals surface area (Å²) in [5, 5.41) is 13.0. The number of rotatable bonds is 8. The number of carbonyl (C=O) groups excluding carboxylic acids is 5. The Bertz CT molecular complexity index is 822. The first kappa shape index (κ1) is 26.9. The van der Waals surface area contributed by atoms with Crippen molar-refractivity contribution >= 4 is 30.1 Å². The molecule has 3 rings (SSSR count). The van der Waals surface area contributed by atoms with E-state index in [4.69, 9.17) is 4.74 Å². The number of nitrogens with one attached hydrogen (secondary N) is 1. The third-order valence-corrected chi connectivity index (χ3v) is 7.29. The summed E-state index contributed by atoms with van der Waals surface area (Å²) in [6.07, 6.45) is 2.32. The molecule has 0 aliphatic carbocycles. The van der Waals surface area contributed by atoms with Crippen molar-refractivity contribution in [2.45, 2.75) is 102 Å². The van der Waals surface area contributed by atoms with Gasteiger partial charge in [-0.05, 0) is 52.9 Å². The van der Waals surface area contributed by atoms with Crippen LogP contribution in [-0.4, -0.2) is 106 Å². The minimum Gasteiger partial charge on any atom is -0.464 e. The molecule has 6 atom stereocenters. The van der Waals surface area contributed by atoms with Gasteiger partial charge in [0.05, 0.1) is 12.5 Å². The lowest BCUT2D eigenvalue weighted by atomic mass is 9.99. The second-order valence-corrected chi connectivity index (χ2v) is 9.99.